The number of rotatable bonds is 8. The minimum atomic E-state index is -5.61. The first-order valence-corrected chi connectivity index (χ1v) is 12.4. The molecule has 168 valence electrons. The number of anilines is 1. The Hall–Kier alpha value is -1.32. The van der Waals surface area contributed by atoms with Gasteiger partial charge in [-0.15, -0.1) is 0 Å². The summed E-state index contributed by atoms with van der Waals surface area (Å²) in [5, 5.41) is 0. The molecule has 3 rings (SSSR count). The highest BCUT2D eigenvalue weighted by Gasteiger charge is 2.42. The van der Waals surface area contributed by atoms with E-state index in [4.69, 9.17) is 30.9 Å². The number of imidazole rings is 1. The zero-order valence-corrected chi connectivity index (χ0v) is 17.4. The second-order valence-electron chi connectivity index (χ2n) is 6.00. The highest BCUT2D eigenvalue weighted by Crippen LogP contribution is 2.66. The number of ether oxygens (including phenoxy) is 1. The Morgan fingerprint density at radius 3 is 2.50 bits per heavy atom. The summed E-state index contributed by atoms with van der Waals surface area (Å²) in [5.74, 6) is 0.158. The van der Waals surface area contributed by atoms with Crippen LogP contribution in [0.4, 0.5) is 5.82 Å². The summed E-state index contributed by atoms with van der Waals surface area (Å²) in [6.45, 7) is -0.662. The number of aromatic nitrogens is 4. The lowest BCUT2D eigenvalue weighted by Crippen LogP contribution is -2.33. The normalized spacial score (nSPS) is 26.5. The van der Waals surface area contributed by atoms with Crippen LogP contribution in [-0.2, 0) is 31.6 Å². The molecule has 0 saturated carbocycles. The molecule has 5 atom stereocenters. The lowest BCUT2D eigenvalue weighted by molar-refractivity contribution is -0.0230. The molecule has 30 heavy (non-hydrogen) atoms. The van der Waals surface area contributed by atoms with Crippen LogP contribution < -0.4 is 11.5 Å². The van der Waals surface area contributed by atoms with E-state index >= 15 is 0 Å². The van der Waals surface area contributed by atoms with Crippen LogP contribution >= 0.6 is 23.5 Å². The number of fused-ring (bicyclic) bond motifs is 1. The molecule has 3 heterocycles. The van der Waals surface area contributed by atoms with Crippen LogP contribution in [0.1, 0.15) is 12.6 Å². The third-order valence-electron chi connectivity index (χ3n) is 3.80. The van der Waals surface area contributed by atoms with Crippen LogP contribution in [0.3, 0.4) is 0 Å². The Labute approximate surface area is 167 Å². The molecule has 2 aromatic heterocycles. The molecule has 0 aliphatic carbocycles. The van der Waals surface area contributed by atoms with Crippen molar-refractivity contribution in [1.29, 1.82) is 0 Å². The summed E-state index contributed by atoms with van der Waals surface area (Å²) in [5.41, 5.74) is 12.4. The van der Waals surface area contributed by atoms with E-state index < -0.39 is 48.4 Å². The van der Waals surface area contributed by atoms with Gasteiger partial charge < -0.3 is 35.8 Å². The maximum Gasteiger partial charge on any atom is 0.490 e. The number of hydrogen-bond acceptors (Lipinski definition) is 12. The van der Waals surface area contributed by atoms with Crippen molar-refractivity contribution in [2.24, 2.45) is 5.73 Å². The summed E-state index contributed by atoms with van der Waals surface area (Å²) in [4.78, 5) is 47.6. The Morgan fingerprint density at radius 1 is 1.13 bits per heavy atom. The van der Waals surface area contributed by atoms with Crippen molar-refractivity contribution in [3.8, 4) is 0 Å². The van der Waals surface area contributed by atoms with Crippen molar-refractivity contribution in [1.82, 2.24) is 19.5 Å². The van der Waals surface area contributed by atoms with Gasteiger partial charge in [-0.1, -0.05) is 0 Å². The number of hydrogen-bond donors (Lipinski definition) is 6. The molecule has 1 aliphatic heterocycles. The van der Waals surface area contributed by atoms with Crippen LogP contribution in [0, 0.1) is 0 Å². The van der Waals surface area contributed by atoms with Gasteiger partial charge in [0.2, 0.25) is 0 Å². The second kappa shape index (κ2) is 8.31. The quantitative estimate of drug-likeness (QED) is 0.251. The first kappa shape index (κ1) is 23.3. The first-order valence-electron chi connectivity index (χ1n) is 7.89. The lowest BCUT2D eigenvalue weighted by Gasteiger charge is -2.19. The third kappa shape index (κ3) is 5.68. The topological polar surface area (TPSA) is 265 Å². The van der Waals surface area contributed by atoms with E-state index in [1.807, 2.05) is 0 Å². The SMILES string of the molecule is Nc1ncnc2c1ncn2C1CC(N)C(COP(=O)(O)OP(=O)(O)OP(=O)(O)O)O1. The van der Waals surface area contributed by atoms with Gasteiger partial charge >= 0.3 is 23.5 Å². The van der Waals surface area contributed by atoms with Gasteiger partial charge in [0.05, 0.1) is 19.0 Å². The summed E-state index contributed by atoms with van der Waals surface area (Å²) >= 11 is 0. The van der Waals surface area contributed by atoms with Crippen LogP contribution in [0.5, 0.6) is 0 Å². The molecule has 0 amide bonds. The molecule has 0 aromatic carbocycles. The summed E-state index contributed by atoms with van der Waals surface area (Å²) < 4.78 is 52.8. The zero-order valence-electron chi connectivity index (χ0n) is 14.7. The van der Waals surface area contributed by atoms with E-state index in [0.29, 0.717) is 11.2 Å². The summed E-state index contributed by atoms with van der Waals surface area (Å²) in [6.07, 6.45) is 1.21. The second-order valence-corrected chi connectivity index (χ2v) is 10.4. The van der Waals surface area contributed by atoms with Gasteiger partial charge in [0.15, 0.2) is 11.5 Å². The molecule has 5 unspecified atom stereocenters. The van der Waals surface area contributed by atoms with Crippen LogP contribution in [-0.4, -0.2) is 57.8 Å². The van der Waals surface area contributed by atoms with Gasteiger partial charge in [0.1, 0.15) is 18.1 Å². The fraction of sp³-hybridized carbons (Fsp3) is 0.500. The van der Waals surface area contributed by atoms with Gasteiger partial charge in [-0.3, -0.25) is 9.09 Å². The maximum absolute atomic E-state index is 11.8. The van der Waals surface area contributed by atoms with Gasteiger partial charge in [0.25, 0.3) is 0 Å². The standard InChI is InChI=1S/C10H17N6O11P3/c11-5-1-7(16-4-15-8-9(12)13-3-14-10(8)16)25-6(5)2-24-29(20,21)27-30(22,23)26-28(17,18)19/h3-7H,1-2,11H2,(H,20,21)(H,22,23)(H2,12,13,14)(H2,17,18,19). The summed E-state index contributed by atoms with van der Waals surface area (Å²) in [6, 6.07) is -0.695. The molecular weight excluding hydrogens is 473 g/mol. The minimum Gasteiger partial charge on any atom is -0.382 e. The fourth-order valence-corrected chi connectivity index (χ4v) is 5.67. The van der Waals surface area contributed by atoms with E-state index in [0.717, 1.165) is 0 Å². The van der Waals surface area contributed by atoms with E-state index in [2.05, 4.69) is 28.1 Å². The van der Waals surface area contributed by atoms with Crippen molar-refractivity contribution < 1.29 is 51.2 Å². The monoisotopic (exact) mass is 490 g/mol. The predicted molar refractivity (Wildman–Crippen MR) is 96.1 cm³/mol. The molecule has 17 nitrogen and oxygen atoms in total. The van der Waals surface area contributed by atoms with Crippen LogP contribution in [0.2, 0.25) is 0 Å². The lowest BCUT2D eigenvalue weighted by atomic mass is 10.1. The largest absolute Gasteiger partial charge is 0.490 e. The van der Waals surface area contributed by atoms with Crippen molar-refractivity contribution in [2.75, 3.05) is 12.3 Å². The first-order chi connectivity index (χ1) is 13.8. The number of nitrogens with two attached hydrogens (primary N) is 2. The average Bonchev–Trinajstić information content (AvgIpc) is 3.14. The molecule has 1 aliphatic rings. The molecule has 20 heteroatoms. The summed E-state index contributed by atoms with van der Waals surface area (Å²) in [7, 11) is -16.4. The Kier molecular flexibility index (Phi) is 6.47. The highest BCUT2D eigenvalue weighted by atomic mass is 31.3. The maximum atomic E-state index is 11.8. The van der Waals surface area contributed by atoms with Crippen molar-refractivity contribution in [3.63, 3.8) is 0 Å². The number of nitrogen functional groups attached to an aromatic ring is 1. The third-order valence-corrected chi connectivity index (χ3v) is 7.60. The van der Waals surface area contributed by atoms with E-state index in [-0.39, 0.29) is 12.2 Å². The molecular formula is C10H17N6O11P3. The van der Waals surface area contributed by atoms with Crippen molar-refractivity contribution in [2.45, 2.75) is 24.8 Å². The smallest absolute Gasteiger partial charge is 0.382 e. The Morgan fingerprint density at radius 2 is 1.83 bits per heavy atom. The van der Waals surface area contributed by atoms with Crippen molar-refractivity contribution in [3.05, 3.63) is 12.7 Å². The molecule has 0 radical (unpaired) electrons. The van der Waals surface area contributed by atoms with Crippen LogP contribution in [0.15, 0.2) is 12.7 Å². The van der Waals surface area contributed by atoms with Crippen LogP contribution in [0.25, 0.3) is 11.2 Å². The molecule has 1 fully saturated rings. The molecule has 0 bridgehead atoms. The van der Waals surface area contributed by atoms with Gasteiger partial charge in [0, 0.05) is 12.5 Å². The fourth-order valence-electron chi connectivity index (χ4n) is 2.64. The Bertz CT molecular complexity index is 1070. The minimum absolute atomic E-state index is 0.158. The van der Waals surface area contributed by atoms with E-state index in [1.54, 1.807) is 0 Å². The van der Waals surface area contributed by atoms with Gasteiger partial charge in [-0.25, -0.2) is 28.6 Å². The molecule has 2 aromatic rings. The predicted octanol–water partition coefficient (Wildman–Crippen LogP) is -0.633. The van der Waals surface area contributed by atoms with Gasteiger partial charge in [-0.05, 0) is 0 Å². The van der Waals surface area contributed by atoms with E-state index in [1.165, 1.54) is 17.2 Å². The molecule has 0 spiro atoms. The highest BCUT2D eigenvalue weighted by molar-refractivity contribution is 7.66. The van der Waals surface area contributed by atoms with E-state index in [9.17, 15) is 18.6 Å². The average molecular weight is 490 g/mol. The molecule has 1 saturated heterocycles. The Balaban J connectivity index is 1.64. The molecule has 8 N–H and O–H groups in total. The number of phosphoric acid groups is 3. The number of phosphoric ester groups is 1. The zero-order chi connectivity index (χ0) is 22.3. The van der Waals surface area contributed by atoms with Gasteiger partial charge in [-0.2, -0.15) is 8.62 Å². The number of nitrogens with zero attached hydrogens (tertiary/aromatic N) is 4. The van der Waals surface area contributed by atoms with Crippen molar-refractivity contribution >= 4 is 40.4 Å².